The lowest BCUT2D eigenvalue weighted by Crippen LogP contribution is -2.09. The molecule has 1 aliphatic rings. The first-order valence-corrected chi connectivity index (χ1v) is 10.4. The van der Waals surface area contributed by atoms with Gasteiger partial charge in [-0.25, -0.2) is 19.5 Å². The van der Waals surface area contributed by atoms with Crippen molar-refractivity contribution >= 4 is 17.7 Å². The van der Waals surface area contributed by atoms with Gasteiger partial charge in [0.05, 0.1) is 28.7 Å². The molecule has 0 saturated carbocycles. The molecule has 8 heteroatoms. The van der Waals surface area contributed by atoms with E-state index in [9.17, 15) is 0 Å². The summed E-state index contributed by atoms with van der Waals surface area (Å²) in [7, 11) is 2.02. The zero-order chi connectivity index (χ0) is 21.9. The van der Waals surface area contributed by atoms with E-state index in [1.165, 1.54) is 0 Å². The molecule has 4 aromatic heterocycles. The van der Waals surface area contributed by atoms with E-state index >= 15 is 0 Å². The van der Waals surface area contributed by atoms with Crippen molar-refractivity contribution in [2.24, 2.45) is 0 Å². The Morgan fingerprint density at radius 3 is 2.53 bits per heavy atom. The van der Waals surface area contributed by atoms with Crippen LogP contribution >= 0.6 is 0 Å². The van der Waals surface area contributed by atoms with Crippen LogP contribution in [0.2, 0.25) is 0 Å². The summed E-state index contributed by atoms with van der Waals surface area (Å²) < 4.78 is 7.64. The highest BCUT2D eigenvalue weighted by Crippen LogP contribution is 2.25. The van der Waals surface area contributed by atoms with Gasteiger partial charge in [-0.05, 0) is 48.9 Å². The van der Waals surface area contributed by atoms with E-state index in [2.05, 4.69) is 43.0 Å². The summed E-state index contributed by atoms with van der Waals surface area (Å²) in [6, 6.07) is 13.5. The maximum absolute atomic E-state index is 5.55. The van der Waals surface area contributed by atoms with Crippen molar-refractivity contribution in [3.63, 3.8) is 0 Å². The number of nitrogens with one attached hydrogen (secondary N) is 1. The Kier molecular flexibility index (Phi) is 5.25. The van der Waals surface area contributed by atoms with Gasteiger partial charge in [0.1, 0.15) is 12.7 Å². The van der Waals surface area contributed by atoms with Crippen LogP contribution in [0.5, 0.6) is 0 Å². The molecule has 0 aliphatic carbocycles. The molecule has 1 atom stereocenters. The predicted molar refractivity (Wildman–Crippen MR) is 122 cm³/mol. The summed E-state index contributed by atoms with van der Waals surface area (Å²) >= 11 is 0. The molecule has 8 nitrogen and oxygen atoms in total. The Bertz CT molecular complexity index is 1310. The van der Waals surface area contributed by atoms with Crippen molar-refractivity contribution in [1.29, 1.82) is 0 Å². The largest absolute Gasteiger partial charge is 0.355 e. The molecule has 5 rings (SSSR count). The molecular weight excluding hydrogens is 402 g/mol. The highest BCUT2D eigenvalue weighted by atomic mass is 16.5. The van der Waals surface area contributed by atoms with Crippen LogP contribution in [-0.2, 0) is 0 Å². The smallest absolute Gasteiger partial charge is 0.223 e. The minimum absolute atomic E-state index is 0.0434. The van der Waals surface area contributed by atoms with Crippen LogP contribution in [0.25, 0.3) is 28.3 Å². The average Bonchev–Trinajstić information content (AvgIpc) is 3.49. The number of allylic oxidation sites excluding steroid dienone is 1. The molecule has 1 N–H and O–H groups in total. The summed E-state index contributed by atoms with van der Waals surface area (Å²) in [5.41, 5.74) is 5.00. The van der Waals surface area contributed by atoms with Gasteiger partial charge in [-0.15, -0.1) is 0 Å². The van der Waals surface area contributed by atoms with Crippen molar-refractivity contribution in [2.75, 3.05) is 18.9 Å². The molecule has 0 aromatic carbocycles. The molecule has 5 heterocycles. The van der Waals surface area contributed by atoms with E-state index in [-0.39, 0.29) is 6.04 Å². The summed E-state index contributed by atoms with van der Waals surface area (Å²) in [5.74, 6) is 1.27. The number of hydrogen-bond acceptors (Lipinski definition) is 7. The average molecular weight is 424 g/mol. The van der Waals surface area contributed by atoms with Crippen molar-refractivity contribution < 1.29 is 9.10 Å². The second-order valence-electron chi connectivity index (χ2n) is 7.62. The molecule has 0 fully saturated rings. The number of nitrogens with zero attached hydrogens (tertiary/aromatic N) is 6. The van der Waals surface area contributed by atoms with Crippen LogP contribution in [-0.4, -0.2) is 49.5 Å². The Morgan fingerprint density at radius 2 is 1.75 bits per heavy atom. The molecule has 1 aliphatic heterocycles. The third kappa shape index (κ3) is 4.15. The number of hydrogen-bond donors (Lipinski definition) is 1. The molecule has 158 valence electrons. The van der Waals surface area contributed by atoms with Gasteiger partial charge in [-0.1, -0.05) is 11.2 Å². The maximum atomic E-state index is 5.55. The molecule has 0 amide bonds. The van der Waals surface area contributed by atoms with Crippen LogP contribution < -0.4 is 5.32 Å². The van der Waals surface area contributed by atoms with Crippen LogP contribution in [0, 0.1) is 0 Å². The van der Waals surface area contributed by atoms with Crippen LogP contribution in [0.1, 0.15) is 24.3 Å². The molecule has 0 radical (unpaired) electrons. The fourth-order valence-corrected chi connectivity index (χ4v) is 3.50. The molecule has 0 saturated heterocycles. The number of anilines is 1. The Hall–Kier alpha value is -4.20. The number of aromatic nitrogens is 5. The molecule has 0 spiro atoms. The van der Waals surface area contributed by atoms with E-state index in [0.29, 0.717) is 11.6 Å². The molecule has 32 heavy (non-hydrogen) atoms. The van der Waals surface area contributed by atoms with Gasteiger partial charge in [0, 0.05) is 24.7 Å². The third-order valence-corrected chi connectivity index (χ3v) is 5.23. The quantitative estimate of drug-likeness (QED) is 0.470. The van der Waals surface area contributed by atoms with Crippen molar-refractivity contribution in [3.05, 3.63) is 78.5 Å². The fourth-order valence-electron chi connectivity index (χ4n) is 3.50. The molecule has 0 bridgehead atoms. The third-order valence-electron chi connectivity index (χ3n) is 5.23. The van der Waals surface area contributed by atoms with Crippen molar-refractivity contribution in [2.45, 2.75) is 13.0 Å². The van der Waals surface area contributed by atoms with Gasteiger partial charge in [0.25, 0.3) is 0 Å². The lowest BCUT2D eigenvalue weighted by Gasteiger charge is -2.14. The van der Waals surface area contributed by atoms with E-state index in [0.717, 1.165) is 40.5 Å². The van der Waals surface area contributed by atoms with E-state index in [1.54, 1.807) is 18.6 Å². The van der Waals surface area contributed by atoms with Crippen LogP contribution in [0.15, 0.2) is 71.7 Å². The topological polar surface area (TPSA) is 92.6 Å². The minimum atomic E-state index is 0.0434. The van der Waals surface area contributed by atoms with E-state index < -0.39 is 0 Å². The zero-order valence-electron chi connectivity index (χ0n) is 17.8. The Morgan fingerprint density at radius 1 is 0.969 bits per heavy atom. The second kappa shape index (κ2) is 8.50. The van der Waals surface area contributed by atoms with Gasteiger partial charge in [0.15, 0.2) is 18.5 Å². The second-order valence-corrected chi connectivity index (χ2v) is 7.62. The van der Waals surface area contributed by atoms with Gasteiger partial charge in [-0.2, -0.15) is 0 Å². The van der Waals surface area contributed by atoms with Crippen molar-refractivity contribution in [3.8, 4) is 22.8 Å². The number of likely N-dealkylation sites (N-methyl/N-ethyl adjacent to an activating group) is 1. The minimum Gasteiger partial charge on any atom is -0.355 e. The lowest BCUT2D eigenvalue weighted by atomic mass is 10.1. The van der Waals surface area contributed by atoms with Gasteiger partial charge >= 0.3 is 0 Å². The first kappa shape index (κ1) is 19.7. The standard InChI is InChI=1S/C24H22N7O/c1-16(17-6-10-25-11-7-17)27-24-26-12-8-21(29-24)19-4-3-5-20(28-19)22-14-23(32-30-22)18-9-13-31(2)15-18/h3-12,14-16H,13H2,1-2H3,(H,26,27,29)/q+1. The van der Waals surface area contributed by atoms with Crippen molar-refractivity contribution in [1.82, 2.24) is 25.1 Å². The summed E-state index contributed by atoms with van der Waals surface area (Å²) in [4.78, 5) is 17.8. The predicted octanol–water partition coefficient (Wildman–Crippen LogP) is 3.87. The summed E-state index contributed by atoms with van der Waals surface area (Å²) in [6.45, 7) is 2.92. The van der Waals surface area contributed by atoms with Crippen LogP contribution in [0.4, 0.5) is 5.95 Å². The summed E-state index contributed by atoms with van der Waals surface area (Å²) in [6.07, 6.45) is 9.42. The molecular formula is C24H22N7O+. The van der Waals surface area contributed by atoms with Gasteiger partial charge < -0.3 is 9.84 Å². The zero-order valence-corrected chi connectivity index (χ0v) is 17.8. The number of pyridine rings is 2. The fraction of sp³-hybridized carbons (Fsp3) is 0.167. The Labute approximate surface area is 185 Å². The summed E-state index contributed by atoms with van der Waals surface area (Å²) in [5, 5.41) is 7.55. The molecule has 4 aromatic rings. The first-order valence-electron chi connectivity index (χ1n) is 10.4. The van der Waals surface area contributed by atoms with Gasteiger partial charge in [0.2, 0.25) is 5.95 Å². The highest BCUT2D eigenvalue weighted by Gasteiger charge is 2.17. The van der Waals surface area contributed by atoms with Crippen LogP contribution in [0.3, 0.4) is 0 Å². The van der Waals surface area contributed by atoms with E-state index in [1.807, 2.05) is 55.7 Å². The van der Waals surface area contributed by atoms with E-state index in [4.69, 9.17) is 9.51 Å². The normalized spacial score (nSPS) is 14.1. The SMILES string of the molecule is CC(Nc1nccc(-c2cccc(-c3cc(C4=CC[N+](C)=C4)on3)n2)n1)c1ccncc1. The van der Waals surface area contributed by atoms with Gasteiger partial charge in [-0.3, -0.25) is 4.98 Å². The highest BCUT2D eigenvalue weighted by molar-refractivity contribution is 6.07. The lowest BCUT2D eigenvalue weighted by molar-refractivity contribution is -0.477. The number of rotatable bonds is 6. The molecule has 1 unspecified atom stereocenters. The monoisotopic (exact) mass is 424 g/mol. The first-order chi connectivity index (χ1) is 15.7. The maximum Gasteiger partial charge on any atom is 0.223 e. The Balaban J connectivity index is 1.38.